The van der Waals surface area contributed by atoms with Crippen LogP contribution < -0.4 is 5.32 Å². The van der Waals surface area contributed by atoms with E-state index in [0.29, 0.717) is 6.54 Å². The molecule has 0 bridgehead atoms. The summed E-state index contributed by atoms with van der Waals surface area (Å²) in [5.41, 5.74) is 0.958. The van der Waals surface area contributed by atoms with Crippen LogP contribution in [0, 0.1) is 11.7 Å². The predicted octanol–water partition coefficient (Wildman–Crippen LogP) is 2.63. The van der Waals surface area contributed by atoms with E-state index in [-0.39, 0.29) is 5.82 Å². The Kier molecular flexibility index (Phi) is 4.77. The Labute approximate surface area is 114 Å². The Morgan fingerprint density at radius 2 is 2.26 bits per heavy atom. The summed E-state index contributed by atoms with van der Waals surface area (Å²) in [4.78, 5) is 6.67. The maximum absolute atomic E-state index is 13.2. The SMILES string of the molecule is CCNC(=NCC1CC1)N(C)Cc1cccc(F)c1. The van der Waals surface area contributed by atoms with E-state index in [1.807, 2.05) is 18.0 Å². The quantitative estimate of drug-likeness (QED) is 0.653. The fraction of sp³-hybridized carbons (Fsp3) is 0.533. The van der Waals surface area contributed by atoms with E-state index in [1.54, 1.807) is 12.1 Å². The van der Waals surface area contributed by atoms with Gasteiger partial charge < -0.3 is 10.2 Å². The molecule has 1 N–H and O–H groups in total. The van der Waals surface area contributed by atoms with Gasteiger partial charge in [0.2, 0.25) is 0 Å². The van der Waals surface area contributed by atoms with Crippen LogP contribution in [0.5, 0.6) is 0 Å². The van der Waals surface area contributed by atoms with Crippen molar-refractivity contribution in [3.8, 4) is 0 Å². The molecular weight excluding hydrogens is 241 g/mol. The summed E-state index contributed by atoms with van der Waals surface area (Å²) in [6, 6.07) is 6.72. The Hall–Kier alpha value is -1.58. The molecule has 1 aromatic carbocycles. The second kappa shape index (κ2) is 6.55. The van der Waals surface area contributed by atoms with Gasteiger partial charge in [-0.05, 0) is 43.4 Å². The highest BCUT2D eigenvalue weighted by atomic mass is 19.1. The van der Waals surface area contributed by atoms with Crippen molar-refractivity contribution in [1.82, 2.24) is 10.2 Å². The molecule has 0 spiro atoms. The molecule has 0 aliphatic heterocycles. The fourth-order valence-corrected chi connectivity index (χ4v) is 1.97. The van der Waals surface area contributed by atoms with Crippen molar-refractivity contribution in [2.45, 2.75) is 26.3 Å². The van der Waals surface area contributed by atoms with Crippen LogP contribution in [0.1, 0.15) is 25.3 Å². The smallest absolute Gasteiger partial charge is 0.193 e. The monoisotopic (exact) mass is 263 g/mol. The van der Waals surface area contributed by atoms with Crippen molar-refractivity contribution in [3.05, 3.63) is 35.6 Å². The minimum Gasteiger partial charge on any atom is -0.357 e. The number of hydrogen-bond acceptors (Lipinski definition) is 1. The number of nitrogens with one attached hydrogen (secondary N) is 1. The third kappa shape index (κ3) is 4.54. The maximum Gasteiger partial charge on any atom is 0.193 e. The molecule has 1 aromatic rings. The molecule has 3 nitrogen and oxygen atoms in total. The normalized spacial score (nSPS) is 15.4. The van der Waals surface area contributed by atoms with Crippen LogP contribution in [-0.2, 0) is 6.54 Å². The van der Waals surface area contributed by atoms with Gasteiger partial charge in [0, 0.05) is 26.7 Å². The fourth-order valence-electron chi connectivity index (χ4n) is 1.97. The molecule has 0 radical (unpaired) electrons. The average Bonchev–Trinajstić information content (AvgIpc) is 3.18. The van der Waals surface area contributed by atoms with Gasteiger partial charge in [0.05, 0.1) is 0 Å². The number of hydrogen-bond donors (Lipinski definition) is 1. The lowest BCUT2D eigenvalue weighted by molar-refractivity contribution is 0.474. The molecule has 0 unspecified atom stereocenters. The number of halogens is 1. The molecule has 0 aromatic heterocycles. The second-order valence-corrected chi connectivity index (χ2v) is 5.12. The topological polar surface area (TPSA) is 27.6 Å². The standard InChI is InChI=1S/C15H22FN3/c1-3-17-15(18-10-12-7-8-12)19(2)11-13-5-4-6-14(16)9-13/h4-6,9,12H,3,7-8,10-11H2,1-2H3,(H,17,18). The van der Waals surface area contributed by atoms with Gasteiger partial charge in [0.25, 0.3) is 0 Å². The van der Waals surface area contributed by atoms with Crippen LogP contribution in [-0.4, -0.2) is 31.0 Å². The second-order valence-electron chi connectivity index (χ2n) is 5.12. The largest absolute Gasteiger partial charge is 0.357 e. The van der Waals surface area contributed by atoms with E-state index in [9.17, 15) is 4.39 Å². The summed E-state index contributed by atoms with van der Waals surface area (Å²) in [5, 5.41) is 3.28. The van der Waals surface area contributed by atoms with Crippen LogP contribution in [0.15, 0.2) is 29.3 Å². The molecule has 1 saturated carbocycles. The zero-order valence-electron chi connectivity index (χ0n) is 11.7. The first-order valence-electron chi connectivity index (χ1n) is 6.93. The Morgan fingerprint density at radius 3 is 2.89 bits per heavy atom. The van der Waals surface area contributed by atoms with Gasteiger partial charge >= 0.3 is 0 Å². The first-order chi connectivity index (χ1) is 9.19. The van der Waals surface area contributed by atoms with E-state index < -0.39 is 0 Å². The maximum atomic E-state index is 13.2. The van der Waals surface area contributed by atoms with Crippen molar-refractivity contribution in [3.63, 3.8) is 0 Å². The molecule has 1 fully saturated rings. The van der Waals surface area contributed by atoms with Crippen LogP contribution in [0.3, 0.4) is 0 Å². The van der Waals surface area contributed by atoms with E-state index in [1.165, 1.54) is 18.9 Å². The molecule has 4 heteroatoms. The highest BCUT2D eigenvalue weighted by Crippen LogP contribution is 2.28. The lowest BCUT2D eigenvalue weighted by Crippen LogP contribution is -2.38. The van der Waals surface area contributed by atoms with E-state index in [4.69, 9.17) is 0 Å². The van der Waals surface area contributed by atoms with E-state index in [0.717, 1.165) is 30.5 Å². The zero-order chi connectivity index (χ0) is 13.7. The van der Waals surface area contributed by atoms with Crippen molar-refractivity contribution >= 4 is 5.96 Å². The number of nitrogens with zero attached hydrogens (tertiary/aromatic N) is 2. The Balaban J connectivity index is 1.97. The van der Waals surface area contributed by atoms with Gasteiger partial charge in [-0.2, -0.15) is 0 Å². The predicted molar refractivity (Wildman–Crippen MR) is 76.6 cm³/mol. The summed E-state index contributed by atoms with van der Waals surface area (Å²) in [6.07, 6.45) is 2.60. The summed E-state index contributed by atoms with van der Waals surface area (Å²) in [7, 11) is 1.99. The van der Waals surface area contributed by atoms with Crippen LogP contribution in [0.2, 0.25) is 0 Å². The van der Waals surface area contributed by atoms with Gasteiger partial charge in [-0.3, -0.25) is 4.99 Å². The summed E-state index contributed by atoms with van der Waals surface area (Å²) >= 11 is 0. The summed E-state index contributed by atoms with van der Waals surface area (Å²) < 4.78 is 13.2. The Morgan fingerprint density at radius 1 is 1.47 bits per heavy atom. The minimum absolute atomic E-state index is 0.189. The number of rotatable bonds is 5. The molecule has 104 valence electrons. The third-order valence-corrected chi connectivity index (χ3v) is 3.20. The average molecular weight is 263 g/mol. The first kappa shape index (κ1) is 13.8. The van der Waals surface area contributed by atoms with Crippen molar-refractivity contribution in [1.29, 1.82) is 0 Å². The van der Waals surface area contributed by atoms with E-state index in [2.05, 4.69) is 17.2 Å². The zero-order valence-corrected chi connectivity index (χ0v) is 11.7. The number of guanidine groups is 1. The Bertz CT molecular complexity index is 441. The van der Waals surface area contributed by atoms with Gasteiger partial charge in [-0.15, -0.1) is 0 Å². The lowest BCUT2D eigenvalue weighted by atomic mass is 10.2. The number of aliphatic imine (C=N–C) groups is 1. The van der Waals surface area contributed by atoms with Crippen LogP contribution in [0.25, 0.3) is 0 Å². The molecule has 0 heterocycles. The third-order valence-electron chi connectivity index (χ3n) is 3.20. The highest BCUT2D eigenvalue weighted by Gasteiger charge is 2.21. The number of benzene rings is 1. The summed E-state index contributed by atoms with van der Waals surface area (Å²) in [6.45, 7) is 4.46. The molecule has 1 aliphatic rings. The molecule has 19 heavy (non-hydrogen) atoms. The molecular formula is C15H22FN3. The van der Waals surface area contributed by atoms with Crippen LogP contribution in [0.4, 0.5) is 4.39 Å². The highest BCUT2D eigenvalue weighted by molar-refractivity contribution is 5.79. The van der Waals surface area contributed by atoms with E-state index >= 15 is 0 Å². The van der Waals surface area contributed by atoms with Gasteiger partial charge in [0.1, 0.15) is 5.82 Å². The van der Waals surface area contributed by atoms with Gasteiger partial charge in [-0.25, -0.2) is 4.39 Å². The lowest BCUT2D eigenvalue weighted by Gasteiger charge is -2.22. The molecule has 0 saturated heterocycles. The van der Waals surface area contributed by atoms with Gasteiger partial charge in [0.15, 0.2) is 5.96 Å². The molecule has 1 aliphatic carbocycles. The molecule has 0 amide bonds. The minimum atomic E-state index is -0.189. The molecule has 0 atom stereocenters. The summed E-state index contributed by atoms with van der Waals surface area (Å²) in [5.74, 6) is 1.49. The van der Waals surface area contributed by atoms with Crippen LogP contribution >= 0.6 is 0 Å². The van der Waals surface area contributed by atoms with Gasteiger partial charge in [-0.1, -0.05) is 12.1 Å². The first-order valence-corrected chi connectivity index (χ1v) is 6.93. The van der Waals surface area contributed by atoms with Crippen molar-refractivity contribution in [2.75, 3.05) is 20.1 Å². The molecule has 2 rings (SSSR count). The van der Waals surface area contributed by atoms with Crippen molar-refractivity contribution in [2.24, 2.45) is 10.9 Å². The van der Waals surface area contributed by atoms with Crippen molar-refractivity contribution < 1.29 is 4.39 Å².